The molecule has 5 heteroatoms. The number of carbonyl (C=O) groups is 1. The van der Waals surface area contributed by atoms with Crippen LogP contribution in [0, 0.1) is 0 Å². The lowest BCUT2D eigenvalue weighted by atomic mass is 10.1. The van der Waals surface area contributed by atoms with Gasteiger partial charge in [-0.1, -0.05) is 56.0 Å². The Hall–Kier alpha value is -2.43. The van der Waals surface area contributed by atoms with Crippen molar-refractivity contribution in [1.29, 1.82) is 0 Å². The molecule has 0 radical (unpaired) electrons. The molecular formula is C22H30N4O. The number of aromatic nitrogens is 2. The number of rotatable bonds is 6. The quantitative estimate of drug-likeness (QED) is 0.749. The van der Waals surface area contributed by atoms with Gasteiger partial charge in [0.15, 0.2) is 5.82 Å². The van der Waals surface area contributed by atoms with Crippen LogP contribution in [0.3, 0.4) is 0 Å². The SMILES string of the molecule is CCN(CC)C(=O)c1cc(NC2CCCCCC2)nc(-c2ccccc2)n1. The van der Waals surface area contributed by atoms with Crippen LogP contribution in [-0.4, -0.2) is 39.9 Å². The van der Waals surface area contributed by atoms with E-state index in [9.17, 15) is 4.79 Å². The fraction of sp³-hybridized carbons (Fsp3) is 0.500. The molecule has 1 aliphatic rings. The molecule has 3 rings (SSSR count). The highest BCUT2D eigenvalue weighted by atomic mass is 16.2. The second-order valence-electron chi connectivity index (χ2n) is 7.14. The highest BCUT2D eigenvalue weighted by Crippen LogP contribution is 2.23. The summed E-state index contributed by atoms with van der Waals surface area (Å²) in [7, 11) is 0. The second kappa shape index (κ2) is 9.49. The summed E-state index contributed by atoms with van der Waals surface area (Å²) < 4.78 is 0. The van der Waals surface area contributed by atoms with Gasteiger partial charge in [0.05, 0.1) is 0 Å². The molecule has 1 fully saturated rings. The van der Waals surface area contributed by atoms with Crippen molar-refractivity contribution in [3.8, 4) is 11.4 Å². The van der Waals surface area contributed by atoms with Crippen LogP contribution in [0.1, 0.15) is 62.9 Å². The fourth-order valence-electron chi connectivity index (χ4n) is 3.65. The molecule has 27 heavy (non-hydrogen) atoms. The van der Waals surface area contributed by atoms with E-state index in [4.69, 9.17) is 4.98 Å². The maximum Gasteiger partial charge on any atom is 0.272 e. The third kappa shape index (κ3) is 5.06. The first-order chi connectivity index (χ1) is 13.2. The zero-order valence-electron chi connectivity index (χ0n) is 16.4. The monoisotopic (exact) mass is 366 g/mol. The van der Waals surface area contributed by atoms with E-state index in [0.717, 1.165) is 24.2 Å². The highest BCUT2D eigenvalue weighted by molar-refractivity contribution is 5.93. The van der Waals surface area contributed by atoms with Gasteiger partial charge in [-0.15, -0.1) is 0 Å². The van der Waals surface area contributed by atoms with Crippen LogP contribution in [0.25, 0.3) is 11.4 Å². The number of benzene rings is 1. The number of hydrogen-bond acceptors (Lipinski definition) is 4. The molecule has 144 valence electrons. The molecule has 0 unspecified atom stereocenters. The van der Waals surface area contributed by atoms with Gasteiger partial charge in [-0.2, -0.15) is 0 Å². The van der Waals surface area contributed by atoms with Crippen LogP contribution in [0.5, 0.6) is 0 Å². The van der Waals surface area contributed by atoms with Gasteiger partial charge < -0.3 is 10.2 Å². The van der Waals surface area contributed by atoms with E-state index in [-0.39, 0.29) is 5.91 Å². The molecule has 0 bridgehead atoms. The molecule has 0 atom stereocenters. The summed E-state index contributed by atoms with van der Waals surface area (Å²) in [6, 6.07) is 12.1. The molecule has 1 N–H and O–H groups in total. The van der Waals surface area contributed by atoms with E-state index < -0.39 is 0 Å². The summed E-state index contributed by atoms with van der Waals surface area (Å²) in [6.07, 6.45) is 7.43. The summed E-state index contributed by atoms with van der Waals surface area (Å²) in [5.41, 5.74) is 1.39. The molecule has 0 aliphatic heterocycles. The molecule has 1 aliphatic carbocycles. The average molecular weight is 367 g/mol. The summed E-state index contributed by atoms with van der Waals surface area (Å²) in [6.45, 7) is 5.33. The van der Waals surface area contributed by atoms with Crippen molar-refractivity contribution < 1.29 is 4.79 Å². The van der Waals surface area contributed by atoms with E-state index in [0.29, 0.717) is 30.6 Å². The number of anilines is 1. The molecule has 1 heterocycles. The number of amides is 1. The van der Waals surface area contributed by atoms with Crippen molar-refractivity contribution in [3.63, 3.8) is 0 Å². The zero-order chi connectivity index (χ0) is 19.1. The third-order valence-corrected chi connectivity index (χ3v) is 5.24. The van der Waals surface area contributed by atoms with Crippen LogP contribution >= 0.6 is 0 Å². The van der Waals surface area contributed by atoms with Crippen molar-refractivity contribution in [2.24, 2.45) is 0 Å². The van der Waals surface area contributed by atoms with Crippen LogP contribution in [0.4, 0.5) is 5.82 Å². The second-order valence-corrected chi connectivity index (χ2v) is 7.14. The molecular weight excluding hydrogens is 336 g/mol. The Morgan fingerprint density at radius 1 is 1.04 bits per heavy atom. The van der Waals surface area contributed by atoms with Gasteiger partial charge in [-0.25, -0.2) is 9.97 Å². The van der Waals surface area contributed by atoms with Crippen LogP contribution < -0.4 is 5.32 Å². The predicted molar refractivity (Wildman–Crippen MR) is 110 cm³/mol. The first-order valence-electron chi connectivity index (χ1n) is 10.2. The van der Waals surface area contributed by atoms with Gasteiger partial charge >= 0.3 is 0 Å². The Labute approximate surface area is 162 Å². The lowest BCUT2D eigenvalue weighted by Gasteiger charge is -2.20. The van der Waals surface area contributed by atoms with Gasteiger partial charge in [0.1, 0.15) is 11.5 Å². The summed E-state index contributed by atoms with van der Waals surface area (Å²) >= 11 is 0. The van der Waals surface area contributed by atoms with Crippen molar-refractivity contribution in [1.82, 2.24) is 14.9 Å². The lowest BCUT2D eigenvalue weighted by Crippen LogP contribution is -2.31. The first kappa shape index (κ1) is 19.3. The molecule has 5 nitrogen and oxygen atoms in total. The van der Waals surface area contributed by atoms with Gasteiger partial charge in [-0.05, 0) is 26.7 Å². The van der Waals surface area contributed by atoms with E-state index >= 15 is 0 Å². The standard InChI is InChI=1S/C22H30N4O/c1-3-26(4-2)22(27)19-16-20(23-18-14-10-5-6-11-15-18)25-21(24-19)17-12-8-7-9-13-17/h7-9,12-13,16,18H,3-6,10-11,14-15H2,1-2H3,(H,23,24,25). The van der Waals surface area contributed by atoms with Gasteiger partial charge in [0.25, 0.3) is 5.91 Å². The predicted octanol–water partition coefficient (Wildman–Crippen LogP) is 4.76. The number of nitrogens with zero attached hydrogens (tertiary/aromatic N) is 3. The molecule has 1 aromatic carbocycles. The van der Waals surface area contributed by atoms with Crippen LogP contribution in [-0.2, 0) is 0 Å². The first-order valence-corrected chi connectivity index (χ1v) is 10.2. The summed E-state index contributed by atoms with van der Waals surface area (Å²) in [5.74, 6) is 1.32. The van der Waals surface area contributed by atoms with E-state index in [1.54, 1.807) is 4.90 Å². The normalized spacial score (nSPS) is 15.2. The highest BCUT2D eigenvalue weighted by Gasteiger charge is 2.19. The van der Waals surface area contributed by atoms with Crippen molar-refractivity contribution in [2.75, 3.05) is 18.4 Å². The summed E-state index contributed by atoms with van der Waals surface area (Å²) in [5, 5.41) is 3.58. The minimum Gasteiger partial charge on any atom is -0.367 e. The van der Waals surface area contributed by atoms with Gasteiger partial charge in [-0.3, -0.25) is 4.79 Å². The third-order valence-electron chi connectivity index (χ3n) is 5.24. The molecule has 2 aromatic rings. The Bertz CT molecular complexity index is 735. The van der Waals surface area contributed by atoms with Crippen LogP contribution in [0.15, 0.2) is 36.4 Å². The number of carbonyl (C=O) groups excluding carboxylic acids is 1. The average Bonchev–Trinajstić information content (AvgIpc) is 2.98. The molecule has 0 saturated heterocycles. The zero-order valence-corrected chi connectivity index (χ0v) is 16.4. The maximum absolute atomic E-state index is 12.9. The Balaban J connectivity index is 1.93. The number of nitrogens with one attached hydrogen (secondary N) is 1. The number of hydrogen-bond donors (Lipinski definition) is 1. The molecule has 1 amide bonds. The maximum atomic E-state index is 12.9. The molecule has 1 aromatic heterocycles. The fourth-order valence-corrected chi connectivity index (χ4v) is 3.65. The van der Waals surface area contributed by atoms with Crippen LogP contribution in [0.2, 0.25) is 0 Å². The molecule has 0 spiro atoms. The van der Waals surface area contributed by atoms with Gasteiger partial charge in [0.2, 0.25) is 0 Å². The Morgan fingerprint density at radius 3 is 2.33 bits per heavy atom. The molecule has 1 saturated carbocycles. The van der Waals surface area contributed by atoms with Crippen molar-refractivity contribution >= 4 is 11.7 Å². The minimum atomic E-state index is -0.0384. The van der Waals surface area contributed by atoms with Gasteiger partial charge in [0, 0.05) is 30.8 Å². The van der Waals surface area contributed by atoms with E-state index in [1.165, 1.54) is 25.7 Å². The Kier molecular flexibility index (Phi) is 6.80. The lowest BCUT2D eigenvalue weighted by molar-refractivity contribution is 0.0767. The van der Waals surface area contributed by atoms with E-state index in [1.807, 2.05) is 50.2 Å². The summed E-state index contributed by atoms with van der Waals surface area (Å²) in [4.78, 5) is 24.0. The largest absolute Gasteiger partial charge is 0.367 e. The Morgan fingerprint density at radius 2 is 1.70 bits per heavy atom. The van der Waals surface area contributed by atoms with E-state index in [2.05, 4.69) is 10.3 Å². The van der Waals surface area contributed by atoms with Crippen molar-refractivity contribution in [2.45, 2.75) is 58.4 Å². The topological polar surface area (TPSA) is 58.1 Å². The van der Waals surface area contributed by atoms with Crippen molar-refractivity contribution in [3.05, 3.63) is 42.1 Å². The minimum absolute atomic E-state index is 0.0384. The smallest absolute Gasteiger partial charge is 0.272 e.